The third-order valence-electron chi connectivity index (χ3n) is 3.93. The van der Waals surface area contributed by atoms with Gasteiger partial charge in [0.05, 0.1) is 0 Å². The molecule has 18 heavy (non-hydrogen) atoms. The molecule has 0 amide bonds. The Hall–Kier alpha value is -0.890. The summed E-state index contributed by atoms with van der Waals surface area (Å²) in [5.74, 6) is 0.712. The molecule has 2 rings (SSSR count). The average molecular weight is 269 g/mol. The molecule has 1 aliphatic carbocycles. The Balaban J connectivity index is 2.09. The normalized spacial score (nSPS) is 24.3. The summed E-state index contributed by atoms with van der Waals surface area (Å²) in [5, 5.41) is 0.432. The fraction of sp³-hybridized carbons (Fsp3) is 0.533. The maximum absolute atomic E-state index is 13.0. The Kier molecular flexibility index (Phi) is 4.39. The van der Waals surface area contributed by atoms with Crippen molar-refractivity contribution in [2.24, 2.45) is 11.8 Å². The molecule has 0 saturated heterocycles. The maximum Gasteiger partial charge on any atom is 0.136 e. The van der Waals surface area contributed by atoms with Gasteiger partial charge in [0.25, 0.3) is 0 Å². The van der Waals surface area contributed by atoms with Crippen molar-refractivity contribution in [1.82, 2.24) is 0 Å². The Morgan fingerprint density at radius 1 is 1.44 bits per heavy atom. The van der Waals surface area contributed by atoms with Crippen molar-refractivity contribution in [3.63, 3.8) is 0 Å². The quantitative estimate of drug-likeness (QED) is 0.793. The van der Waals surface area contributed by atoms with Crippen LogP contribution in [0.2, 0.25) is 5.02 Å². The highest BCUT2D eigenvalue weighted by Gasteiger charge is 2.28. The second-order valence-corrected chi connectivity index (χ2v) is 5.56. The highest BCUT2D eigenvalue weighted by molar-refractivity contribution is 6.31. The van der Waals surface area contributed by atoms with E-state index in [2.05, 4.69) is 6.92 Å². The molecule has 0 aliphatic heterocycles. The third kappa shape index (κ3) is 3.11. The largest absolute Gasteiger partial charge is 0.299 e. The summed E-state index contributed by atoms with van der Waals surface area (Å²) >= 11 is 6.02. The highest BCUT2D eigenvalue weighted by atomic mass is 35.5. The molecule has 0 N–H and O–H groups in total. The number of hydrogen-bond acceptors (Lipinski definition) is 1. The predicted octanol–water partition coefficient (Wildman–Crippen LogP) is 4.42. The Bertz CT molecular complexity index is 444. The number of benzene rings is 1. The topological polar surface area (TPSA) is 17.1 Å². The minimum absolute atomic E-state index is 0.0617. The van der Waals surface area contributed by atoms with Crippen LogP contribution < -0.4 is 0 Å². The summed E-state index contributed by atoms with van der Waals surface area (Å²) in [6.07, 6.45) is 4.42. The molecule has 3 heteroatoms. The number of rotatable bonds is 3. The third-order valence-corrected chi connectivity index (χ3v) is 4.28. The van der Waals surface area contributed by atoms with E-state index in [-0.39, 0.29) is 11.7 Å². The maximum atomic E-state index is 13.0. The van der Waals surface area contributed by atoms with Gasteiger partial charge in [-0.1, -0.05) is 31.0 Å². The van der Waals surface area contributed by atoms with Crippen molar-refractivity contribution in [2.45, 2.75) is 39.0 Å². The summed E-state index contributed by atoms with van der Waals surface area (Å²) < 4.78 is 13.0. The molecule has 98 valence electrons. The Morgan fingerprint density at radius 3 is 2.89 bits per heavy atom. The van der Waals surface area contributed by atoms with E-state index in [1.807, 2.05) is 0 Å². The lowest BCUT2D eigenvalue weighted by Crippen LogP contribution is -2.26. The van der Waals surface area contributed by atoms with Crippen LogP contribution in [0, 0.1) is 17.7 Å². The van der Waals surface area contributed by atoms with Crippen LogP contribution in [0.25, 0.3) is 0 Å². The van der Waals surface area contributed by atoms with Crippen LogP contribution in [-0.4, -0.2) is 5.78 Å². The van der Waals surface area contributed by atoms with Gasteiger partial charge in [-0.25, -0.2) is 4.39 Å². The lowest BCUT2D eigenvalue weighted by molar-refractivity contribution is -0.125. The van der Waals surface area contributed by atoms with Crippen LogP contribution in [0.15, 0.2) is 18.2 Å². The molecular weight excluding hydrogens is 251 g/mol. The standard InChI is InChI=1S/C15H18ClFO/c1-2-10-3-6-15(18)12(7-10)8-11-4-5-13(17)9-14(11)16/h4-5,9-10,12H,2-3,6-8H2,1H3. The SMILES string of the molecule is CCC1CCC(=O)C(Cc2ccc(F)cc2Cl)C1. The predicted molar refractivity (Wildman–Crippen MR) is 71.2 cm³/mol. The van der Waals surface area contributed by atoms with Crippen molar-refractivity contribution >= 4 is 17.4 Å². The number of Topliss-reactive ketones (excluding diaryl/α,β-unsaturated/α-hetero) is 1. The van der Waals surface area contributed by atoms with Gasteiger partial charge in [-0.2, -0.15) is 0 Å². The first-order chi connectivity index (χ1) is 8.60. The van der Waals surface area contributed by atoms with Gasteiger partial charge in [-0.05, 0) is 42.9 Å². The van der Waals surface area contributed by atoms with Crippen LogP contribution in [0.5, 0.6) is 0 Å². The fourth-order valence-electron chi connectivity index (χ4n) is 2.72. The minimum atomic E-state index is -0.329. The van der Waals surface area contributed by atoms with E-state index in [0.717, 1.165) is 24.8 Å². The molecular formula is C15H18ClFO. The van der Waals surface area contributed by atoms with Crippen LogP contribution in [-0.2, 0) is 11.2 Å². The molecule has 2 atom stereocenters. The van der Waals surface area contributed by atoms with Gasteiger partial charge in [0.1, 0.15) is 11.6 Å². The van der Waals surface area contributed by atoms with Gasteiger partial charge in [0.15, 0.2) is 0 Å². The first-order valence-corrected chi connectivity index (χ1v) is 6.94. The molecule has 0 radical (unpaired) electrons. The minimum Gasteiger partial charge on any atom is -0.299 e. The molecule has 1 nitrogen and oxygen atoms in total. The van der Waals surface area contributed by atoms with E-state index in [0.29, 0.717) is 29.6 Å². The van der Waals surface area contributed by atoms with E-state index >= 15 is 0 Å². The fourth-order valence-corrected chi connectivity index (χ4v) is 2.97. The number of carbonyl (C=O) groups excluding carboxylic acids is 1. The van der Waals surface area contributed by atoms with Gasteiger partial charge in [-0.15, -0.1) is 0 Å². The zero-order chi connectivity index (χ0) is 13.1. The zero-order valence-corrected chi connectivity index (χ0v) is 11.3. The van der Waals surface area contributed by atoms with Crippen LogP contribution in [0.3, 0.4) is 0 Å². The lowest BCUT2D eigenvalue weighted by Gasteiger charge is -2.27. The molecule has 0 aromatic heterocycles. The molecule has 1 aliphatic rings. The number of ketones is 1. The van der Waals surface area contributed by atoms with Crippen molar-refractivity contribution in [3.8, 4) is 0 Å². The summed E-state index contributed by atoms with van der Waals surface area (Å²) in [7, 11) is 0. The second-order valence-electron chi connectivity index (χ2n) is 5.15. The van der Waals surface area contributed by atoms with Crippen molar-refractivity contribution in [1.29, 1.82) is 0 Å². The van der Waals surface area contributed by atoms with Crippen LogP contribution >= 0.6 is 11.6 Å². The number of halogens is 2. The van der Waals surface area contributed by atoms with E-state index in [9.17, 15) is 9.18 Å². The van der Waals surface area contributed by atoms with Gasteiger partial charge in [0, 0.05) is 17.4 Å². The van der Waals surface area contributed by atoms with Gasteiger partial charge >= 0.3 is 0 Å². The summed E-state index contributed by atoms with van der Waals surface area (Å²) in [5.41, 5.74) is 0.883. The molecule has 1 saturated carbocycles. The molecule has 0 heterocycles. The van der Waals surface area contributed by atoms with Gasteiger partial charge in [-0.3, -0.25) is 4.79 Å². The van der Waals surface area contributed by atoms with Crippen LogP contribution in [0.4, 0.5) is 4.39 Å². The summed E-state index contributed by atoms with van der Waals surface area (Å²) in [6, 6.07) is 4.42. The molecule has 1 aromatic rings. The molecule has 0 spiro atoms. The van der Waals surface area contributed by atoms with Crippen molar-refractivity contribution in [2.75, 3.05) is 0 Å². The van der Waals surface area contributed by atoms with E-state index < -0.39 is 0 Å². The Morgan fingerprint density at radius 2 is 2.22 bits per heavy atom. The van der Waals surface area contributed by atoms with Crippen LogP contribution in [0.1, 0.15) is 38.2 Å². The van der Waals surface area contributed by atoms with E-state index in [1.165, 1.54) is 12.1 Å². The summed E-state index contributed by atoms with van der Waals surface area (Å²) in [6.45, 7) is 2.17. The van der Waals surface area contributed by atoms with Crippen molar-refractivity contribution < 1.29 is 9.18 Å². The zero-order valence-electron chi connectivity index (χ0n) is 10.6. The van der Waals surface area contributed by atoms with E-state index in [4.69, 9.17) is 11.6 Å². The van der Waals surface area contributed by atoms with Crippen molar-refractivity contribution in [3.05, 3.63) is 34.6 Å². The molecule has 2 unspecified atom stereocenters. The number of carbonyl (C=O) groups is 1. The average Bonchev–Trinajstić information content (AvgIpc) is 2.35. The monoisotopic (exact) mass is 268 g/mol. The first kappa shape index (κ1) is 13.5. The molecule has 1 fully saturated rings. The highest BCUT2D eigenvalue weighted by Crippen LogP contribution is 2.32. The summed E-state index contributed by atoms with van der Waals surface area (Å²) in [4.78, 5) is 11.9. The smallest absolute Gasteiger partial charge is 0.136 e. The number of hydrogen-bond donors (Lipinski definition) is 0. The lowest BCUT2D eigenvalue weighted by atomic mass is 9.77. The molecule has 1 aromatic carbocycles. The first-order valence-electron chi connectivity index (χ1n) is 6.56. The van der Waals surface area contributed by atoms with Gasteiger partial charge < -0.3 is 0 Å². The van der Waals surface area contributed by atoms with E-state index in [1.54, 1.807) is 6.07 Å². The Labute approximate surface area is 112 Å². The second kappa shape index (κ2) is 5.83. The van der Waals surface area contributed by atoms with Gasteiger partial charge in [0.2, 0.25) is 0 Å². The molecule has 0 bridgehead atoms.